The Bertz CT molecular complexity index is 383. The molecule has 108 valence electrons. The zero-order chi connectivity index (χ0) is 14.3. The Labute approximate surface area is 117 Å². The average molecular weight is 265 g/mol. The van der Waals surface area contributed by atoms with Crippen LogP contribution < -0.4 is 14.8 Å². The van der Waals surface area contributed by atoms with Crippen molar-refractivity contribution in [3.05, 3.63) is 23.8 Å². The van der Waals surface area contributed by atoms with Gasteiger partial charge in [-0.25, -0.2) is 0 Å². The molecule has 0 aromatic heterocycles. The topological polar surface area (TPSA) is 30.5 Å². The van der Waals surface area contributed by atoms with Crippen molar-refractivity contribution in [2.75, 3.05) is 20.8 Å². The van der Waals surface area contributed by atoms with Gasteiger partial charge in [0.05, 0.1) is 14.2 Å². The van der Waals surface area contributed by atoms with Crippen molar-refractivity contribution in [1.82, 2.24) is 5.32 Å². The fourth-order valence-electron chi connectivity index (χ4n) is 2.05. The summed E-state index contributed by atoms with van der Waals surface area (Å²) in [6.45, 7) is 7.63. The quantitative estimate of drug-likeness (QED) is 0.766. The van der Waals surface area contributed by atoms with E-state index in [0.717, 1.165) is 37.3 Å². The molecule has 3 heteroatoms. The van der Waals surface area contributed by atoms with Crippen LogP contribution in [-0.2, 0) is 6.42 Å². The van der Waals surface area contributed by atoms with Gasteiger partial charge in [-0.15, -0.1) is 0 Å². The lowest BCUT2D eigenvalue weighted by Gasteiger charge is -2.20. The third-order valence-electron chi connectivity index (χ3n) is 3.01. The van der Waals surface area contributed by atoms with Crippen LogP contribution in [-0.4, -0.2) is 26.3 Å². The molecule has 0 saturated heterocycles. The van der Waals surface area contributed by atoms with E-state index in [1.54, 1.807) is 14.2 Å². The molecule has 3 nitrogen and oxygen atoms in total. The van der Waals surface area contributed by atoms with Crippen LogP contribution in [0, 0.1) is 0 Å². The van der Waals surface area contributed by atoms with Gasteiger partial charge in [-0.1, -0.05) is 12.1 Å². The summed E-state index contributed by atoms with van der Waals surface area (Å²) in [6.07, 6.45) is 3.33. The molecule has 1 aromatic carbocycles. The van der Waals surface area contributed by atoms with Crippen LogP contribution in [0.2, 0.25) is 0 Å². The van der Waals surface area contributed by atoms with Gasteiger partial charge in [0.15, 0.2) is 11.5 Å². The summed E-state index contributed by atoms with van der Waals surface area (Å²) in [6, 6.07) is 6.06. The van der Waals surface area contributed by atoms with Crippen LogP contribution in [0.4, 0.5) is 0 Å². The highest BCUT2D eigenvalue weighted by atomic mass is 16.5. The molecule has 1 aromatic rings. The first-order valence-corrected chi connectivity index (χ1v) is 6.93. The van der Waals surface area contributed by atoms with E-state index in [9.17, 15) is 0 Å². The summed E-state index contributed by atoms with van der Waals surface area (Å²) in [5.74, 6) is 1.68. The maximum Gasteiger partial charge on any atom is 0.163 e. The number of ether oxygens (including phenoxy) is 2. The zero-order valence-electron chi connectivity index (χ0n) is 12.9. The number of unbranched alkanes of at least 4 members (excludes halogenated alkanes) is 1. The molecule has 0 heterocycles. The Morgan fingerprint density at radius 1 is 1.05 bits per heavy atom. The number of hydrogen-bond donors (Lipinski definition) is 1. The van der Waals surface area contributed by atoms with Crippen LogP contribution in [0.25, 0.3) is 0 Å². The molecular weight excluding hydrogens is 238 g/mol. The summed E-state index contributed by atoms with van der Waals surface area (Å²) < 4.78 is 10.7. The Balaban J connectivity index is 2.45. The summed E-state index contributed by atoms with van der Waals surface area (Å²) in [5, 5.41) is 3.50. The third-order valence-corrected chi connectivity index (χ3v) is 3.01. The fraction of sp³-hybridized carbons (Fsp3) is 0.625. The number of benzene rings is 1. The maximum absolute atomic E-state index is 5.44. The van der Waals surface area contributed by atoms with Gasteiger partial charge >= 0.3 is 0 Å². The Hall–Kier alpha value is -1.22. The zero-order valence-corrected chi connectivity index (χ0v) is 12.9. The van der Waals surface area contributed by atoms with Crippen LogP contribution >= 0.6 is 0 Å². The van der Waals surface area contributed by atoms with E-state index < -0.39 is 0 Å². The van der Waals surface area contributed by atoms with Gasteiger partial charge in [-0.2, -0.15) is 0 Å². The SMILES string of the molecule is COc1cccc(CCCCNC(C)(C)C)c1OC. The number of para-hydroxylation sites is 1. The van der Waals surface area contributed by atoms with Gasteiger partial charge < -0.3 is 14.8 Å². The second-order valence-corrected chi connectivity index (χ2v) is 5.79. The first-order chi connectivity index (χ1) is 8.98. The van der Waals surface area contributed by atoms with E-state index in [0.29, 0.717) is 0 Å². The molecule has 0 spiro atoms. The van der Waals surface area contributed by atoms with Crippen molar-refractivity contribution in [1.29, 1.82) is 0 Å². The van der Waals surface area contributed by atoms with E-state index >= 15 is 0 Å². The molecular formula is C16H27NO2. The molecule has 0 fully saturated rings. The van der Waals surface area contributed by atoms with Crippen LogP contribution in [0.15, 0.2) is 18.2 Å². The van der Waals surface area contributed by atoms with Crippen molar-refractivity contribution < 1.29 is 9.47 Å². The van der Waals surface area contributed by atoms with E-state index in [1.807, 2.05) is 12.1 Å². The average Bonchev–Trinajstić information content (AvgIpc) is 2.36. The van der Waals surface area contributed by atoms with E-state index in [4.69, 9.17) is 9.47 Å². The Kier molecular flexibility index (Phi) is 6.16. The molecule has 0 aliphatic carbocycles. The second-order valence-electron chi connectivity index (χ2n) is 5.79. The highest BCUT2D eigenvalue weighted by Crippen LogP contribution is 2.31. The highest BCUT2D eigenvalue weighted by molar-refractivity contribution is 5.46. The van der Waals surface area contributed by atoms with Gasteiger partial charge in [-0.05, 0) is 58.2 Å². The minimum absolute atomic E-state index is 0.202. The molecule has 0 atom stereocenters. The third kappa shape index (κ3) is 5.52. The first-order valence-electron chi connectivity index (χ1n) is 6.93. The minimum Gasteiger partial charge on any atom is -0.493 e. The standard InChI is InChI=1S/C16H27NO2/c1-16(2,3)17-12-7-6-9-13-10-8-11-14(18-4)15(13)19-5/h8,10-11,17H,6-7,9,12H2,1-5H3. The normalized spacial score (nSPS) is 11.4. The summed E-state index contributed by atoms with van der Waals surface area (Å²) in [5.41, 5.74) is 1.42. The molecule has 1 rings (SSSR count). The number of rotatable bonds is 7. The summed E-state index contributed by atoms with van der Waals surface area (Å²) in [4.78, 5) is 0. The van der Waals surface area contributed by atoms with E-state index in [1.165, 1.54) is 5.56 Å². The maximum atomic E-state index is 5.44. The minimum atomic E-state index is 0.202. The lowest BCUT2D eigenvalue weighted by atomic mass is 10.1. The van der Waals surface area contributed by atoms with Crippen molar-refractivity contribution in [3.8, 4) is 11.5 Å². The van der Waals surface area contributed by atoms with Gasteiger partial charge in [0, 0.05) is 5.54 Å². The highest BCUT2D eigenvalue weighted by Gasteiger charge is 2.10. The van der Waals surface area contributed by atoms with Crippen LogP contribution in [0.1, 0.15) is 39.2 Å². The Morgan fingerprint density at radius 3 is 2.37 bits per heavy atom. The van der Waals surface area contributed by atoms with E-state index in [-0.39, 0.29) is 5.54 Å². The molecule has 0 bridgehead atoms. The second kappa shape index (κ2) is 7.39. The number of hydrogen-bond acceptors (Lipinski definition) is 3. The van der Waals surface area contributed by atoms with Crippen molar-refractivity contribution in [2.24, 2.45) is 0 Å². The molecule has 0 aliphatic heterocycles. The monoisotopic (exact) mass is 265 g/mol. The first kappa shape index (κ1) is 15.8. The van der Waals surface area contributed by atoms with Crippen LogP contribution in [0.3, 0.4) is 0 Å². The van der Waals surface area contributed by atoms with Gasteiger partial charge in [0.25, 0.3) is 0 Å². The predicted molar refractivity (Wildman–Crippen MR) is 80.2 cm³/mol. The lowest BCUT2D eigenvalue weighted by Crippen LogP contribution is -2.36. The molecule has 19 heavy (non-hydrogen) atoms. The number of aryl methyl sites for hydroxylation is 1. The molecule has 0 amide bonds. The lowest BCUT2D eigenvalue weighted by molar-refractivity contribution is 0.351. The van der Waals surface area contributed by atoms with Gasteiger partial charge in [-0.3, -0.25) is 0 Å². The van der Waals surface area contributed by atoms with Gasteiger partial charge in [0.1, 0.15) is 0 Å². The van der Waals surface area contributed by atoms with Crippen LogP contribution in [0.5, 0.6) is 11.5 Å². The largest absolute Gasteiger partial charge is 0.493 e. The number of methoxy groups -OCH3 is 2. The molecule has 0 unspecified atom stereocenters. The van der Waals surface area contributed by atoms with Crippen molar-refractivity contribution in [2.45, 2.75) is 45.6 Å². The van der Waals surface area contributed by atoms with Crippen molar-refractivity contribution in [3.63, 3.8) is 0 Å². The molecule has 0 saturated carbocycles. The van der Waals surface area contributed by atoms with Crippen molar-refractivity contribution >= 4 is 0 Å². The molecule has 1 N–H and O–H groups in total. The van der Waals surface area contributed by atoms with Gasteiger partial charge in [0.2, 0.25) is 0 Å². The Morgan fingerprint density at radius 2 is 1.79 bits per heavy atom. The molecule has 0 radical (unpaired) electrons. The van der Waals surface area contributed by atoms with E-state index in [2.05, 4.69) is 32.2 Å². The molecule has 0 aliphatic rings. The predicted octanol–water partition coefficient (Wildman–Crippen LogP) is 3.41. The smallest absolute Gasteiger partial charge is 0.163 e. The summed E-state index contributed by atoms with van der Waals surface area (Å²) in [7, 11) is 3.37. The summed E-state index contributed by atoms with van der Waals surface area (Å²) >= 11 is 0. The number of nitrogens with one attached hydrogen (secondary N) is 1. The fourth-order valence-corrected chi connectivity index (χ4v) is 2.05.